The van der Waals surface area contributed by atoms with E-state index in [9.17, 15) is 17.6 Å². The van der Waals surface area contributed by atoms with Crippen molar-refractivity contribution in [2.75, 3.05) is 0 Å². The molecule has 0 aliphatic heterocycles. The van der Waals surface area contributed by atoms with Crippen LogP contribution in [0.1, 0.15) is 23.1 Å². The molecule has 0 saturated carbocycles. The quantitative estimate of drug-likeness (QED) is 0.720. The first-order valence-electron chi connectivity index (χ1n) is 5.02. The minimum atomic E-state index is -4.64. The van der Waals surface area contributed by atoms with E-state index in [-0.39, 0.29) is 18.4 Å². The number of fused-ring (bicyclic) bond motifs is 1. The van der Waals surface area contributed by atoms with E-state index in [1.54, 1.807) is 0 Å². The normalized spacial score (nSPS) is 19.5. The van der Waals surface area contributed by atoms with Crippen molar-refractivity contribution in [2.24, 2.45) is 5.73 Å². The van der Waals surface area contributed by atoms with Gasteiger partial charge in [0.05, 0.1) is 5.56 Å². The zero-order valence-electron chi connectivity index (χ0n) is 8.85. The lowest BCUT2D eigenvalue weighted by atomic mass is 9.87. The molecule has 0 fully saturated rings. The van der Waals surface area contributed by atoms with E-state index in [0.29, 0.717) is 30.4 Å². The third-order valence-corrected chi connectivity index (χ3v) is 2.86. The highest BCUT2D eigenvalue weighted by Gasteiger charge is 2.35. The third-order valence-electron chi connectivity index (χ3n) is 2.86. The van der Waals surface area contributed by atoms with Crippen LogP contribution in [-0.4, -0.2) is 6.04 Å². The average molecular weight is 270 g/mol. The Morgan fingerprint density at radius 2 is 1.82 bits per heavy atom. The van der Waals surface area contributed by atoms with Crippen molar-refractivity contribution in [3.05, 3.63) is 34.6 Å². The van der Waals surface area contributed by atoms with Crippen LogP contribution in [0.4, 0.5) is 17.6 Å². The van der Waals surface area contributed by atoms with Crippen LogP contribution in [0.5, 0.6) is 0 Å². The lowest BCUT2D eigenvalue weighted by Crippen LogP contribution is -2.28. The van der Waals surface area contributed by atoms with E-state index in [2.05, 4.69) is 0 Å². The standard InChI is InChI=1S/C11H11F4N.ClH/c12-10-5-6-1-2-8(16)3-7(6)4-9(10)11(13,14)15;/h4-5,8H,1-3,16H2;1H. The van der Waals surface area contributed by atoms with E-state index in [1.165, 1.54) is 0 Å². The van der Waals surface area contributed by atoms with Gasteiger partial charge in [-0.3, -0.25) is 0 Å². The molecule has 0 spiro atoms. The number of rotatable bonds is 0. The smallest absolute Gasteiger partial charge is 0.327 e. The van der Waals surface area contributed by atoms with E-state index in [0.717, 1.165) is 12.1 Å². The van der Waals surface area contributed by atoms with Gasteiger partial charge in [0.15, 0.2) is 0 Å². The Morgan fingerprint density at radius 1 is 1.18 bits per heavy atom. The van der Waals surface area contributed by atoms with Gasteiger partial charge >= 0.3 is 6.18 Å². The van der Waals surface area contributed by atoms with Crippen LogP contribution in [-0.2, 0) is 19.0 Å². The summed E-state index contributed by atoms with van der Waals surface area (Å²) in [5.74, 6) is -1.19. The molecule has 0 heterocycles. The summed E-state index contributed by atoms with van der Waals surface area (Å²) in [6.07, 6.45) is -3.01. The highest BCUT2D eigenvalue weighted by molar-refractivity contribution is 5.85. The molecule has 1 aromatic carbocycles. The van der Waals surface area contributed by atoms with Crippen molar-refractivity contribution in [1.29, 1.82) is 0 Å². The van der Waals surface area contributed by atoms with Crippen LogP contribution in [0, 0.1) is 5.82 Å². The Morgan fingerprint density at radius 3 is 2.41 bits per heavy atom. The fraction of sp³-hybridized carbons (Fsp3) is 0.455. The number of halogens is 5. The molecule has 1 nitrogen and oxygen atoms in total. The fourth-order valence-corrected chi connectivity index (χ4v) is 2.02. The Balaban J connectivity index is 0.00000144. The molecule has 1 unspecified atom stereocenters. The molecule has 2 rings (SSSR count). The van der Waals surface area contributed by atoms with Gasteiger partial charge in [-0.2, -0.15) is 13.2 Å². The Labute approximate surface area is 102 Å². The molecule has 0 bridgehead atoms. The van der Waals surface area contributed by atoms with E-state index >= 15 is 0 Å². The molecule has 17 heavy (non-hydrogen) atoms. The van der Waals surface area contributed by atoms with Crippen molar-refractivity contribution < 1.29 is 17.6 Å². The van der Waals surface area contributed by atoms with E-state index in [4.69, 9.17) is 5.73 Å². The first-order chi connectivity index (χ1) is 7.38. The summed E-state index contributed by atoms with van der Waals surface area (Å²) in [5, 5.41) is 0. The number of hydrogen-bond acceptors (Lipinski definition) is 1. The van der Waals surface area contributed by atoms with Gasteiger partial charge < -0.3 is 5.73 Å². The molecule has 6 heteroatoms. The Hall–Kier alpha value is -0.810. The molecule has 0 amide bonds. The summed E-state index contributed by atoms with van der Waals surface area (Å²) in [6.45, 7) is 0. The molecular weight excluding hydrogens is 258 g/mol. The number of nitrogens with two attached hydrogens (primary N) is 1. The first kappa shape index (κ1) is 14.3. The van der Waals surface area contributed by atoms with Crippen LogP contribution >= 0.6 is 12.4 Å². The Bertz CT molecular complexity index is 417. The molecule has 1 atom stereocenters. The van der Waals surface area contributed by atoms with E-state index in [1.807, 2.05) is 0 Å². The minimum Gasteiger partial charge on any atom is -0.327 e. The van der Waals surface area contributed by atoms with Crippen LogP contribution in [0.25, 0.3) is 0 Å². The van der Waals surface area contributed by atoms with Crippen molar-refractivity contribution >= 4 is 12.4 Å². The zero-order valence-corrected chi connectivity index (χ0v) is 9.67. The van der Waals surface area contributed by atoms with Crippen molar-refractivity contribution in [3.8, 4) is 0 Å². The third kappa shape index (κ3) is 2.90. The van der Waals surface area contributed by atoms with Crippen LogP contribution < -0.4 is 5.73 Å². The number of alkyl halides is 3. The van der Waals surface area contributed by atoms with Crippen molar-refractivity contribution in [3.63, 3.8) is 0 Å². The molecule has 1 aliphatic carbocycles. The maximum atomic E-state index is 13.2. The number of hydrogen-bond donors (Lipinski definition) is 1. The van der Waals surface area contributed by atoms with Gasteiger partial charge in [0, 0.05) is 6.04 Å². The van der Waals surface area contributed by atoms with Gasteiger partial charge in [0.25, 0.3) is 0 Å². The summed E-state index contributed by atoms with van der Waals surface area (Å²) in [4.78, 5) is 0. The monoisotopic (exact) mass is 269 g/mol. The second-order valence-electron chi connectivity index (χ2n) is 4.10. The average Bonchev–Trinajstić information content (AvgIpc) is 2.16. The van der Waals surface area contributed by atoms with Crippen molar-refractivity contribution in [2.45, 2.75) is 31.5 Å². The summed E-state index contributed by atoms with van der Waals surface area (Å²) < 4.78 is 50.6. The Kier molecular flexibility index (Phi) is 4.04. The topological polar surface area (TPSA) is 26.0 Å². The van der Waals surface area contributed by atoms with Crippen LogP contribution in [0.3, 0.4) is 0 Å². The van der Waals surface area contributed by atoms with Crippen LogP contribution in [0.2, 0.25) is 0 Å². The highest BCUT2D eigenvalue weighted by atomic mass is 35.5. The number of aryl methyl sites for hydroxylation is 1. The molecule has 0 aromatic heterocycles. The van der Waals surface area contributed by atoms with Gasteiger partial charge in [0.2, 0.25) is 0 Å². The fourth-order valence-electron chi connectivity index (χ4n) is 2.02. The highest BCUT2D eigenvalue weighted by Crippen LogP contribution is 2.34. The molecule has 0 saturated heterocycles. The van der Waals surface area contributed by atoms with Gasteiger partial charge in [0.1, 0.15) is 5.82 Å². The number of benzene rings is 1. The largest absolute Gasteiger partial charge is 0.419 e. The molecule has 1 aliphatic rings. The second-order valence-corrected chi connectivity index (χ2v) is 4.10. The van der Waals surface area contributed by atoms with Gasteiger partial charge in [-0.1, -0.05) is 0 Å². The van der Waals surface area contributed by atoms with Crippen LogP contribution in [0.15, 0.2) is 12.1 Å². The lowest BCUT2D eigenvalue weighted by molar-refractivity contribution is -0.140. The lowest BCUT2D eigenvalue weighted by Gasteiger charge is -2.22. The van der Waals surface area contributed by atoms with Crippen molar-refractivity contribution in [1.82, 2.24) is 0 Å². The summed E-state index contributed by atoms with van der Waals surface area (Å²) in [7, 11) is 0. The zero-order chi connectivity index (χ0) is 11.9. The molecule has 1 aromatic rings. The molecular formula is C11H12ClF4N. The minimum absolute atomic E-state index is 0. The molecule has 0 radical (unpaired) electrons. The summed E-state index contributed by atoms with van der Waals surface area (Å²) >= 11 is 0. The van der Waals surface area contributed by atoms with Gasteiger partial charge in [-0.05, 0) is 42.5 Å². The summed E-state index contributed by atoms with van der Waals surface area (Å²) in [5.41, 5.74) is 5.64. The predicted octanol–water partition coefficient (Wildman–Crippen LogP) is 3.08. The maximum Gasteiger partial charge on any atom is 0.419 e. The predicted molar refractivity (Wildman–Crippen MR) is 58.7 cm³/mol. The van der Waals surface area contributed by atoms with Gasteiger partial charge in [-0.15, -0.1) is 12.4 Å². The SMILES string of the molecule is Cl.NC1CCc2cc(F)c(C(F)(F)F)cc2C1. The molecule has 96 valence electrons. The first-order valence-corrected chi connectivity index (χ1v) is 5.02. The summed E-state index contributed by atoms with van der Waals surface area (Å²) in [6, 6.07) is 1.76. The van der Waals surface area contributed by atoms with Gasteiger partial charge in [-0.25, -0.2) is 4.39 Å². The maximum absolute atomic E-state index is 13.2. The second kappa shape index (κ2) is 4.82. The molecule has 2 N–H and O–H groups in total. The van der Waals surface area contributed by atoms with E-state index < -0.39 is 17.6 Å².